The van der Waals surface area contributed by atoms with E-state index in [1.54, 1.807) is 19.3 Å². The van der Waals surface area contributed by atoms with E-state index >= 15 is 0 Å². The van der Waals surface area contributed by atoms with Crippen LogP contribution >= 0.6 is 0 Å². The van der Waals surface area contributed by atoms with Crippen LogP contribution in [0.15, 0.2) is 28.1 Å². The van der Waals surface area contributed by atoms with E-state index in [1.807, 2.05) is 6.92 Å². The van der Waals surface area contributed by atoms with Gasteiger partial charge in [-0.15, -0.1) is 0 Å². The number of pyridine rings is 1. The van der Waals surface area contributed by atoms with E-state index in [4.69, 9.17) is 0 Å². The van der Waals surface area contributed by atoms with E-state index in [2.05, 4.69) is 15.3 Å². The van der Waals surface area contributed by atoms with E-state index in [0.717, 1.165) is 11.5 Å². The largest absolute Gasteiger partial charge is 0.343 e. The predicted octanol–water partition coefficient (Wildman–Crippen LogP) is 0.835. The number of aromatic amines is 1. The Morgan fingerprint density at radius 2 is 2.33 bits per heavy atom. The van der Waals surface area contributed by atoms with Gasteiger partial charge in [0.25, 0.3) is 0 Å². The zero-order valence-electron chi connectivity index (χ0n) is 7.09. The fraction of sp³-hybridized carbons (Fsp3) is 0.250. The molecule has 1 aromatic heterocycles. The molecule has 1 aromatic rings. The summed E-state index contributed by atoms with van der Waals surface area (Å²) >= 11 is 0. The number of anilines is 1. The number of aromatic nitrogens is 1. The molecule has 0 bridgehead atoms. The number of hydrogen-bond donors (Lipinski definition) is 2. The second-order valence-corrected chi connectivity index (χ2v) is 2.38. The van der Waals surface area contributed by atoms with Crippen molar-refractivity contribution in [3.05, 3.63) is 28.7 Å². The lowest BCUT2D eigenvalue weighted by atomic mass is 10.4. The Labute approximate surface area is 70.4 Å². The number of hydrogen-bond acceptors (Lipinski definition) is 2. The minimum absolute atomic E-state index is 0.105. The van der Waals surface area contributed by atoms with Gasteiger partial charge in [0.05, 0.1) is 11.5 Å². The number of H-pyrrole nitrogens is 1. The van der Waals surface area contributed by atoms with Crippen molar-refractivity contribution in [1.82, 2.24) is 4.98 Å². The predicted molar refractivity (Wildman–Crippen MR) is 49.7 cm³/mol. The van der Waals surface area contributed by atoms with Crippen molar-refractivity contribution in [2.45, 2.75) is 6.92 Å². The third kappa shape index (κ3) is 2.23. The average molecular weight is 165 g/mol. The highest BCUT2D eigenvalue weighted by Crippen LogP contribution is 1.99. The highest BCUT2D eigenvalue weighted by atomic mass is 16.1. The van der Waals surface area contributed by atoms with E-state index < -0.39 is 0 Å². The molecule has 4 heteroatoms. The van der Waals surface area contributed by atoms with Crippen molar-refractivity contribution in [1.29, 1.82) is 0 Å². The minimum atomic E-state index is -0.105. The Balaban J connectivity index is 2.78. The normalized spacial score (nSPS) is 11.3. The Morgan fingerprint density at radius 3 is 2.83 bits per heavy atom. The SMILES string of the molecule is CN=C(C)Nc1ccc(=O)[nH]c1. The Kier molecular flexibility index (Phi) is 2.63. The van der Waals surface area contributed by atoms with Crippen molar-refractivity contribution in [3.8, 4) is 0 Å². The van der Waals surface area contributed by atoms with E-state index in [1.165, 1.54) is 6.07 Å². The van der Waals surface area contributed by atoms with E-state index in [9.17, 15) is 4.79 Å². The van der Waals surface area contributed by atoms with Gasteiger partial charge >= 0.3 is 0 Å². The fourth-order valence-corrected chi connectivity index (χ4v) is 0.753. The smallest absolute Gasteiger partial charge is 0.248 e. The molecule has 0 aromatic carbocycles. The topological polar surface area (TPSA) is 57.2 Å². The highest BCUT2D eigenvalue weighted by Gasteiger charge is 1.91. The second kappa shape index (κ2) is 3.71. The van der Waals surface area contributed by atoms with Crippen LogP contribution in [-0.4, -0.2) is 17.9 Å². The van der Waals surface area contributed by atoms with Crippen LogP contribution in [0, 0.1) is 0 Å². The Bertz CT molecular complexity index is 320. The van der Waals surface area contributed by atoms with Crippen LogP contribution in [0.5, 0.6) is 0 Å². The molecule has 0 aliphatic heterocycles. The van der Waals surface area contributed by atoms with Crippen LogP contribution < -0.4 is 10.9 Å². The van der Waals surface area contributed by atoms with E-state index in [0.29, 0.717) is 0 Å². The van der Waals surface area contributed by atoms with Crippen molar-refractivity contribution in [3.63, 3.8) is 0 Å². The molecule has 0 unspecified atom stereocenters. The molecule has 0 spiro atoms. The number of aliphatic imine (C=N–C) groups is 1. The molecule has 64 valence electrons. The molecule has 0 aliphatic carbocycles. The zero-order chi connectivity index (χ0) is 8.97. The van der Waals surface area contributed by atoms with E-state index in [-0.39, 0.29) is 5.56 Å². The summed E-state index contributed by atoms with van der Waals surface area (Å²) in [6.45, 7) is 1.85. The summed E-state index contributed by atoms with van der Waals surface area (Å²) in [6, 6.07) is 3.17. The highest BCUT2D eigenvalue weighted by molar-refractivity contribution is 5.93. The van der Waals surface area contributed by atoms with Gasteiger partial charge in [0.2, 0.25) is 5.56 Å². The maximum absolute atomic E-state index is 10.7. The summed E-state index contributed by atoms with van der Waals surface area (Å²) in [5.41, 5.74) is 0.726. The van der Waals surface area contributed by atoms with Crippen molar-refractivity contribution < 1.29 is 0 Å². The molecule has 2 N–H and O–H groups in total. The molecule has 0 aliphatic rings. The van der Waals surface area contributed by atoms with Gasteiger partial charge in [-0.2, -0.15) is 0 Å². The molecule has 0 fully saturated rings. The quantitative estimate of drug-likeness (QED) is 0.478. The number of nitrogens with one attached hydrogen (secondary N) is 2. The van der Waals surface area contributed by atoms with Crippen LogP contribution in [0.4, 0.5) is 5.69 Å². The molecule has 0 radical (unpaired) electrons. The van der Waals surface area contributed by atoms with Gasteiger partial charge in [0.1, 0.15) is 0 Å². The molecule has 1 rings (SSSR count). The summed E-state index contributed by atoms with van der Waals surface area (Å²) < 4.78 is 0. The molecule has 12 heavy (non-hydrogen) atoms. The second-order valence-electron chi connectivity index (χ2n) is 2.38. The lowest BCUT2D eigenvalue weighted by Gasteiger charge is -2.02. The third-order valence-corrected chi connectivity index (χ3v) is 1.44. The van der Waals surface area contributed by atoms with Crippen molar-refractivity contribution in [2.75, 3.05) is 12.4 Å². The average Bonchev–Trinajstić information content (AvgIpc) is 2.09. The van der Waals surface area contributed by atoms with Crippen LogP contribution in [-0.2, 0) is 0 Å². The lowest BCUT2D eigenvalue weighted by Crippen LogP contribution is -2.09. The van der Waals surface area contributed by atoms with Gasteiger partial charge in [-0.25, -0.2) is 0 Å². The standard InChI is InChI=1S/C8H11N3O/c1-6(9-2)11-7-3-4-8(12)10-5-7/h3-5H,1-2H3,(H,9,11)(H,10,12). The van der Waals surface area contributed by atoms with Crippen LogP contribution in [0.1, 0.15) is 6.92 Å². The van der Waals surface area contributed by atoms with Gasteiger partial charge in [0.15, 0.2) is 0 Å². The molecule has 0 amide bonds. The molecule has 4 nitrogen and oxygen atoms in total. The van der Waals surface area contributed by atoms with Gasteiger partial charge in [0, 0.05) is 19.3 Å². The molecular formula is C8H11N3O. The zero-order valence-corrected chi connectivity index (χ0v) is 7.09. The van der Waals surface area contributed by atoms with Gasteiger partial charge < -0.3 is 10.3 Å². The van der Waals surface area contributed by atoms with Gasteiger partial charge in [-0.3, -0.25) is 9.79 Å². The summed E-state index contributed by atoms with van der Waals surface area (Å²) in [7, 11) is 1.70. The first-order valence-electron chi connectivity index (χ1n) is 3.61. The third-order valence-electron chi connectivity index (χ3n) is 1.44. The number of nitrogens with zero attached hydrogens (tertiary/aromatic N) is 1. The van der Waals surface area contributed by atoms with Gasteiger partial charge in [-0.05, 0) is 13.0 Å². The van der Waals surface area contributed by atoms with Crippen LogP contribution in [0.25, 0.3) is 0 Å². The maximum atomic E-state index is 10.7. The van der Waals surface area contributed by atoms with Crippen LogP contribution in [0.3, 0.4) is 0 Å². The lowest BCUT2D eigenvalue weighted by molar-refractivity contribution is 1.24. The molecule has 0 atom stereocenters. The maximum Gasteiger partial charge on any atom is 0.248 e. The van der Waals surface area contributed by atoms with Crippen LogP contribution in [0.2, 0.25) is 0 Å². The summed E-state index contributed by atoms with van der Waals surface area (Å²) in [5, 5.41) is 3.00. The molecular weight excluding hydrogens is 154 g/mol. The first-order valence-corrected chi connectivity index (χ1v) is 3.61. The van der Waals surface area contributed by atoms with Crippen molar-refractivity contribution >= 4 is 11.5 Å². The first kappa shape index (κ1) is 8.52. The van der Waals surface area contributed by atoms with Gasteiger partial charge in [-0.1, -0.05) is 0 Å². The number of amidine groups is 1. The summed E-state index contributed by atoms with van der Waals surface area (Å²) in [4.78, 5) is 17.1. The molecule has 0 saturated carbocycles. The monoisotopic (exact) mass is 165 g/mol. The van der Waals surface area contributed by atoms with Crippen molar-refractivity contribution in [2.24, 2.45) is 4.99 Å². The Morgan fingerprint density at radius 1 is 1.58 bits per heavy atom. The fourth-order valence-electron chi connectivity index (χ4n) is 0.753. The minimum Gasteiger partial charge on any atom is -0.343 e. The summed E-state index contributed by atoms with van der Waals surface area (Å²) in [5.74, 6) is 0.807. The Hall–Kier alpha value is -1.58. The molecule has 1 heterocycles. The first-order chi connectivity index (χ1) is 5.72. The number of rotatable bonds is 1. The molecule has 0 saturated heterocycles. The summed E-state index contributed by atoms with van der Waals surface area (Å²) in [6.07, 6.45) is 1.61.